The molecular formula is C9H10FNO3. The molecule has 0 atom stereocenters. The lowest BCUT2D eigenvalue weighted by Crippen LogP contribution is -2.26. The number of carboxylic acid groups (broad SMARTS) is 1. The normalized spacial score (nSPS) is 9.50. The molecule has 0 unspecified atom stereocenters. The number of ether oxygens (including phenoxy) is 1. The highest BCUT2D eigenvalue weighted by Crippen LogP contribution is 2.10. The van der Waals surface area contributed by atoms with E-state index in [9.17, 15) is 9.18 Å². The van der Waals surface area contributed by atoms with Crippen LogP contribution in [0.25, 0.3) is 0 Å². The van der Waals surface area contributed by atoms with Gasteiger partial charge in [-0.1, -0.05) is 0 Å². The Labute approximate surface area is 80.3 Å². The van der Waals surface area contributed by atoms with E-state index in [1.54, 1.807) is 0 Å². The smallest absolute Gasteiger partial charge is 0.404 e. The van der Waals surface area contributed by atoms with E-state index in [0.29, 0.717) is 5.75 Å². The van der Waals surface area contributed by atoms with Crippen molar-refractivity contribution in [1.82, 2.24) is 5.32 Å². The van der Waals surface area contributed by atoms with Gasteiger partial charge in [0.15, 0.2) is 0 Å². The van der Waals surface area contributed by atoms with E-state index in [-0.39, 0.29) is 19.0 Å². The van der Waals surface area contributed by atoms with Gasteiger partial charge in [-0.2, -0.15) is 0 Å². The third kappa shape index (κ3) is 3.75. The summed E-state index contributed by atoms with van der Waals surface area (Å²) in [6.07, 6.45) is -1.09. The van der Waals surface area contributed by atoms with E-state index < -0.39 is 6.09 Å². The van der Waals surface area contributed by atoms with Gasteiger partial charge in [0, 0.05) is 0 Å². The van der Waals surface area contributed by atoms with Crippen LogP contribution in [0.1, 0.15) is 0 Å². The van der Waals surface area contributed by atoms with E-state index >= 15 is 0 Å². The van der Waals surface area contributed by atoms with Gasteiger partial charge in [0.1, 0.15) is 18.2 Å². The number of benzene rings is 1. The lowest BCUT2D eigenvalue weighted by molar-refractivity contribution is 0.191. The Morgan fingerprint density at radius 3 is 2.64 bits per heavy atom. The molecule has 0 heterocycles. The number of hydrogen-bond donors (Lipinski definition) is 2. The summed E-state index contributed by atoms with van der Waals surface area (Å²) >= 11 is 0. The van der Waals surface area contributed by atoms with Crippen molar-refractivity contribution in [2.75, 3.05) is 13.2 Å². The van der Waals surface area contributed by atoms with Gasteiger partial charge in [-0.05, 0) is 24.3 Å². The van der Waals surface area contributed by atoms with Crippen molar-refractivity contribution in [1.29, 1.82) is 0 Å². The quantitative estimate of drug-likeness (QED) is 0.722. The Kier molecular flexibility index (Phi) is 3.72. The van der Waals surface area contributed by atoms with Crippen LogP contribution in [0.15, 0.2) is 24.3 Å². The molecule has 1 amide bonds. The highest BCUT2D eigenvalue weighted by atomic mass is 19.1. The van der Waals surface area contributed by atoms with Crippen molar-refractivity contribution < 1.29 is 19.0 Å². The highest BCUT2D eigenvalue weighted by molar-refractivity contribution is 5.64. The second-order valence-corrected chi connectivity index (χ2v) is 2.53. The zero-order valence-electron chi connectivity index (χ0n) is 7.37. The average Bonchev–Trinajstić information content (AvgIpc) is 2.15. The van der Waals surface area contributed by atoms with Gasteiger partial charge >= 0.3 is 6.09 Å². The van der Waals surface area contributed by atoms with Gasteiger partial charge in [0.25, 0.3) is 0 Å². The number of carbonyl (C=O) groups is 1. The molecule has 0 fully saturated rings. The SMILES string of the molecule is O=C(O)NCCOc1ccc(F)cc1. The van der Waals surface area contributed by atoms with Crippen LogP contribution in [0.4, 0.5) is 9.18 Å². The summed E-state index contributed by atoms with van der Waals surface area (Å²) in [6.45, 7) is 0.421. The molecule has 0 saturated heterocycles. The molecule has 0 aromatic heterocycles. The van der Waals surface area contributed by atoms with E-state index in [1.807, 2.05) is 0 Å². The maximum Gasteiger partial charge on any atom is 0.404 e. The van der Waals surface area contributed by atoms with E-state index in [0.717, 1.165) is 0 Å². The summed E-state index contributed by atoms with van der Waals surface area (Å²) in [5.41, 5.74) is 0. The van der Waals surface area contributed by atoms with Crippen molar-refractivity contribution in [2.24, 2.45) is 0 Å². The fourth-order valence-corrected chi connectivity index (χ4v) is 0.858. The fourth-order valence-electron chi connectivity index (χ4n) is 0.858. The maximum absolute atomic E-state index is 12.4. The third-order valence-corrected chi connectivity index (χ3v) is 1.46. The lowest BCUT2D eigenvalue weighted by atomic mass is 10.3. The molecule has 0 saturated carbocycles. The van der Waals surface area contributed by atoms with E-state index in [2.05, 4.69) is 5.32 Å². The summed E-state index contributed by atoms with van der Waals surface area (Å²) in [7, 11) is 0. The van der Waals surface area contributed by atoms with Crippen LogP contribution in [0.5, 0.6) is 5.75 Å². The first kappa shape index (κ1) is 10.3. The zero-order valence-corrected chi connectivity index (χ0v) is 7.37. The number of amides is 1. The largest absolute Gasteiger partial charge is 0.492 e. The molecule has 0 aliphatic carbocycles. The first-order chi connectivity index (χ1) is 6.68. The Bertz CT molecular complexity index is 299. The maximum atomic E-state index is 12.4. The molecular weight excluding hydrogens is 189 g/mol. The molecule has 1 rings (SSSR count). The number of halogens is 1. The predicted octanol–water partition coefficient (Wildman–Crippen LogP) is 1.47. The molecule has 0 spiro atoms. The molecule has 0 aliphatic rings. The van der Waals surface area contributed by atoms with Crippen molar-refractivity contribution in [3.05, 3.63) is 30.1 Å². The average molecular weight is 199 g/mol. The van der Waals surface area contributed by atoms with Gasteiger partial charge in [0.2, 0.25) is 0 Å². The summed E-state index contributed by atoms with van der Waals surface area (Å²) in [5, 5.41) is 10.4. The zero-order chi connectivity index (χ0) is 10.4. The van der Waals surface area contributed by atoms with Crippen molar-refractivity contribution in [3.63, 3.8) is 0 Å². The molecule has 1 aromatic carbocycles. The Balaban J connectivity index is 2.25. The Morgan fingerprint density at radius 2 is 2.07 bits per heavy atom. The number of nitrogens with one attached hydrogen (secondary N) is 1. The minimum atomic E-state index is -1.09. The van der Waals surface area contributed by atoms with Gasteiger partial charge in [0.05, 0.1) is 6.54 Å². The molecule has 2 N–H and O–H groups in total. The van der Waals surface area contributed by atoms with Crippen LogP contribution in [-0.2, 0) is 0 Å². The van der Waals surface area contributed by atoms with Crippen molar-refractivity contribution in [2.45, 2.75) is 0 Å². The van der Waals surface area contributed by atoms with Crippen LogP contribution in [0.3, 0.4) is 0 Å². The molecule has 4 nitrogen and oxygen atoms in total. The molecule has 1 aromatic rings. The standard InChI is InChI=1S/C9H10FNO3/c10-7-1-3-8(4-2-7)14-6-5-11-9(12)13/h1-4,11H,5-6H2,(H,12,13). The molecule has 0 radical (unpaired) electrons. The van der Waals surface area contributed by atoms with Crippen LogP contribution in [-0.4, -0.2) is 24.4 Å². The summed E-state index contributed by atoms with van der Waals surface area (Å²) in [4.78, 5) is 10.0. The number of rotatable bonds is 4. The van der Waals surface area contributed by atoms with Crippen molar-refractivity contribution in [3.8, 4) is 5.75 Å². The molecule has 76 valence electrons. The second-order valence-electron chi connectivity index (χ2n) is 2.53. The highest BCUT2D eigenvalue weighted by Gasteiger charge is 1.95. The van der Waals surface area contributed by atoms with Gasteiger partial charge in [-0.25, -0.2) is 9.18 Å². The van der Waals surface area contributed by atoms with Crippen LogP contribution in [0.2, 0.25) is 0 Å². The van der Waals surface area contributed by atoms with Crippen LogP contribution >= 0.6 is 0 Å². The van der Waals surface area contributed by atoms with Gasteiger partial charge in [-0.3, -0.25) is 0 Å². The molecule has 0 aliphatic heterocycles. The second kappa shape index (κ2) is 5.06. The number of hydrogen-bond acceptors (Lipinski definition) is 2. The fraction of sp³-hybridized carbons (Fsp3) is 0.222. The third-order valence-electron chi connectivity index (χ3n) is 1.46. The topological polar surface area (TPSA) is 58.6 Å². The van der Waals surface area contributed by atoms with Crippen LogP contribution in [0, 0.1) is 5.82 Å². The first-order valence-electron chi connectivity index (χ1n) is 4.03. The Morgan fingerprint density at radius 1 is 1.43 bits per heavy atom. The predicted molar refractivity (Wildman–Crippen MR) is 47.9 cm³/mol. The monoisotopic (exact) mass is 199 g/mol. The van der Waals surface area contributed by atoms with Crippen LogP contribution < -0.4 is 10.1 Å². The van der Waals surface area contributed by atoms with Crippen molar-refractivity contribution >= 4 is 6.09 Å². The molecule has 0 bridgehead atoms. The summed E-state index contributed by atoms with van der Waals surface area (Å²) in [6, 6.07) is 5.52. The minimum absolute atomic E-state index is 0.201. The summed E-state index contributed by atoms with van der Waals surface area (Å²) < 4.78 is 17.6. The van der Waals surface area contributed by atoms with E-state index in [1.165, 1.54) is 24.3 Å². The van der Waals surface area contributed by atoms with E-state index in [4.69, 9.17) is 9.84 Å². The molecule has 14 heavy (non-hydrogen) atoms. The summed E-state index contributed by atoms with van der Waals surface area (Å²) in [5.74, 6) is 0.180. The Hall–Kier alpha value is -1.78. The molecule has 5 heteroatoms. The van der Waals surface area contributed by atoms with Gasteiger partial charge < -0.3 is 15.2 Å². The van der Waals surface area contributed by atoms with Gasteiger partial charge in [-0.15, -0.1) is 0 Å². The first-order valence-corrected chi connectivity index (χ1v) is 4.03. The minimum Gasteiger partial charge on any atom is -0.492 e. The lowest BCUT2D eigenvalue weighted by Gasteiger charge is -2.05.